The number of carboxylic acid groups (broad SMARTS) is 1. The van der Waals surface area contributed by atoms with E-state index in [4.69, 9.17) is 9.84 Å². The first-order chi connectivity index (χ1) is 8.60. The monoisotopic (exact) mass is 250 g/mol. The van der Waals surface area contributed by atoms with Gasteiger partial charge in [0.1, 0.15) is 5.56 Å². The maximum atomic E-state index is 11.1. The molecule has 0 saturated heterocycles. The molecule has 0 bridgehead atoms. The van der Waals surface area contributed by atoms with Crippen LogP contribution in [0.15, 0.2) is 12.3 Å². The number of methoxy groups -OCH3 is 1. The Morgan fingerprint density at radius 2 is 2.33 bits per heavy atom. The lowest BCUT2D eigenvalue weighted by molar-refractivity contribution is 0.0697. The average molecular weight is 250 g/mol. The molecule has 0 radical (unpaired) electrons. The minimum atomic E-state index is -0.953. The molecule has 1 aliphatic rings. The lowest BCUT2D eigenvalue weighted by Gasteiger charge is -2.16. The third-order valence-electron chi connectivity index (χ3n) is 3.35. The van der Waals surface area contributed by atoms with Gasteiger partial charge < -0.3 is 15.2 Å². The third-order valence-corrected chi connectivity index (χ3v) is 3.35. The van der Waals surface area contributed by atoms with Gasteiger partial charge in [0, 0.05) is 25.0 Å². The second-order valence-corrected chi connectivity index (χ2v) is 4.69. The maximum Gasteiger partial charge on any atom is 0.339 e. The molecule has 1 saturated carbocycles. The van der Waals surface area contributed by atoms with Crippen molar-refractivity contribution in [2.24, 2.45) is 0 Å². The zero-order chi connectivity index (χ0) is 13.1. The topological polar surface area (TPSA) is 71.5 Å². The molecular formula is C13H18N2O3. The van der Waals surface area contributed by atoms with E-state index in [1.54, 1.807) is 13.2 Å². The fraction of sp³-hybridized carbons (Fsp3) is 0.538. The summed E-state index contributed by atoms with van der Waals surface area (Å²) in [6.07, 6.45) is 4.61. The van der Waals surface area contributed by atoms with Crippen LogP contribution < -0.4 is 5.32 Å². The van der Waals surface area contributed by atoms with E-state index in [0.717, 1.165) is 25.0 Å². The Morgan fingerprint density at radius 1 is 1.56 bits per heavy atom. The highest BCUT2D eigenvalue weighted by Crippen LogP contribution is 2.26. The first-order valence-corrected chi connectivity index (χ1v) is 6.09. The summed E-state index contributed by atoms with van der Waals surface area (Å²) in [5.74, 6) is -0.953. The van der Waals surface area contributed by atoms with E-state index in [-0.39, 0.29) is 17.7 Å². The summed E-state index contributed by atoms with van der Waals surface area (Å²) in [7, 11) is 1.71. The Hall–Kier alpha value is -1.62. The second kappa shape index (κ2) is 5.35. The normalized spacial score (nSPS) is 23.0. The molecule has 1 aliphatic carbocycles. The van der Waals surface area contributed by atoms with Crippen molar-refractivity contribution in [2.75, 3.05) is 12.4 Å². The summed E-state index contributed by atoms with van der Waals surface area (Å²) in [5.41, 5.74) is 1.68. The smallest absolute Gasteiger partial charge is 0.339 e. The van der Waals surface area contributed by atoms with Crippen molar-refractivity contribution in [2.45, 2.75) is 38.3 Å². The van der Waals surface area contributed by atoms with Crippen molar-refractivity contribution in [3.05, 3.63) is 23.5 Å². The lowest BCUT2D eigenvalue weighted by atomic mass is 10.1. The number of carbonyl (C=O) groups is 1. The van der Waals surface area contributed by atoms with Crippen LogP contribution in [0.1, 0.15) is 35.3 Å². The van der Waals surface area contributed by atoms with Crippen LogP contribution in [0.2, 0.25) is 0 Å². The largest absolute Gasteiger partial charge is 0.478 e. The number of hydrogen-bond acceptors (Lipinski definition) is 4. The highest BCUT2D eigenvalue weighted by atomic mass is 16.5. The molecule has 0 amide bonds. The van der Waals surface area contributed by atoms with Gasteiger partial charge in [0.05, 0.1) is 11.8 Å². The van der Waals surface area contributed by atoms with Crippen LogP contribution in [0.5, 0.6) is 0 Å². The number of aryl methyl sites for hydroxylation is 1. The van der Waals surface area contributed by atoms with Crippen LogP contribution in [0.25, 0.3) is 0 Å². The highest BCUT2D eigenvalue weighted by Gasteiger charge is 2.25. The summed E-state index contributed by atoms with van der Waals surface area (Å²) in [6.45, 7) is 1.85. The number of nitrogens with one attached hydrogen (secondary N) is 1. The molecule has 18 heavy (non-hydrogen) atoms. The van der Waals surface area contributed by atoms with E-state index in [1.165, 1.54) is 6.20 Å². The van der Waals surface area contributed by atoms with Gasteiger partial charge in [0.25, 0.3) is 0 Å². The first-order valence-electron chi connectivity index (χ1n) is 6.09. The van der Waals surface area contributed by atoms with Crippen molar-refractivity contribution in [3.8, 4) is 0 Å². The van der Waals surface area contributed by atoms with Gasteiger partial charge in [-0.2, -0.15) is 0 Å². The molecule has 2 rings (SSSR count). The molecule has 1 heterocycles. The third kappa shape index (κ3) is 2.79. The molecule has 5 heteroatoms. The van der Waals surface area contributed by atoms with Crippen LogP contribution in [-0.4, -0.2) is 35.3 Å². The van der Waals surface area contributed by atoms with E-state index in [1.807, 2.05) is 6.92 Å². The van der Waals surface area contributed by atoms with Gasteiger partial charge in [-0.3, -0.25) is 4.98 Å². The molecule has 2 unspecified atom stereocenters. The number of carboxylic acids is 1. The molecule has 5 nitrogen and oxygen atoms in total. The van der Waals surface area contributed by atoms with Crippen LogP contribution >= 0.6 is 0 Å². The Bertz CT molecular complexity index is 448. The number of rotatable bonds is 4. The quantitative estimate of drug-likeness (QED) is 0.856. The summed E-state index contributed by atoms with van der Waals surface area (Å²) in [5, 5.41) is 12.4. The molecule has 0 aliphatic heterocycles. The van der Waals surface area contributed by atoms with Gasteiger partial charge in [-0.1, -0.05) is 0 Å². The van der Waals surface area contributed by atoms with Gasteiger partial charge in [-0.15, -0.1) is 0 Å². The van der Waals surface area contributed by atoms with E-state index < -0.39 is 5.97 Å². The van der Waals surface area contributed by atoms with Crippen molar-refractivity contribution in [3.63, 3.8) is 0 Å². The molecule has 1 aromatic rings. The Kier molecular flexibility index (Phi) is 3.81. The van der Waals surface area contributed by atoms with Gasteiger partial charge in [-0.05, 0) is 32.3 Å². The highest BCUT2D eigenvalue weighted by molar-refractivity contribution is 5.93. The minimum Gasteiger partial charge on any atom is -0.478 e. The van der Waals surface area contributed by atoms with Crippen molar-refractivity contribution in [1.82, 2.24) is 4.98 Å². The Balaban J connectivity index is 2.13. The van der Waals surface area contributed by atoms with Crippen molar-refractivity contribution in [1.29, 1.82) is 0 Å². The van der Waals surface area contributed by atoms with Crippen molar-refractivity contribution < 1.29 is 14.6 Å². The van der Waals surface area contributed by atoms with E-state index in [0.29, 0.717) is 5.69 Å². The SMILES string of the molecule is COC1CCC(Nc2cc(C)ncc2C(=O)O)C1. The summed E-state index contributed by atoms with van der Waals surface area (Å²) in [6, 6.07) is 2.05. The number of pyridine rings is 1. The fourth-order valence-electron chi connectivity index (χ4n) is 2.35. The number of hydrogen-bond donors (Lipinski definition) is 2. The maximum absolute atomic E-state index is 11.1. The molecule has 1 fully saturated rings. The van der Waals surface area contributed by atoms with E-state index in [9.17, 15) is 4.79 Å². The van der Waals surface area contributed by atoms with E-state index in [2.05, 4.69) is 10.3 Å². The molecular weight excluding hydrogens is 232 g/mol. The minimum absolute atomic E-state index is 0.224. The molecule has 98 valence electrons. The van der Waals surface area contributed by atoms with Crippen LogP contribution in [0.3, 0.4) is 0 Å². The zero-order valence-electron chi connectivity index (χ0n) is 10.6. The van der Waals surface area contributed by atoms with Crippen molar-refractivity contribution >= 4 is 11.7 Å². The lowest BCUT2D eigenvalue weighted by Crippen LogP contribution is -2.19. The first kappa shape index (κ1) is 12.8. The molecule has 2 atom stereocenters. The predicted molar refractivity (Wildman–Crippen MR) is 68.0 cm³/mol. The Labute approximate surface area is 106 Å². The number of aromatic carboxylic acids is 1. The Morgan fingerprint density at radius 3 is 2.94 bits per heavy atom. The van der Waals surface area contributed by atoms with Gasteiger partial charge in [-0.25, -0.2) is 4.79 Å². The summed E-state index contributed by atoms with van der Waals surface area (Å²) < 4.78 is 5.31. The molecule has 0 aromatic carbocycles. The van der Waals surface area contributed by atoms with Gasteiger partial charge in [0.15, 0.2) is 0 Å². The molecule has 1 aromatic heterocycles. The summed E-state index contributed by atoms with van der Waals surface area (Å²) in [4.78, 5) is 15.1. The zero-order valence-corrected chi connectivity index (χ0v) is 10.6. The number of ether oxygens (including phenoxy) is 1. The fourth-order valence-corrected chi connectivity index (χ4v) is 2.35. The number of aromatic nitrogens is 1. The molecule has 0 spiro atoms. The van der Waals surface area contributed by atoms with Gasteiger partial charge in [0.2, 0.25) is 0 Å². The van der Waals surface area contributed by atoms with Gasteiger partial charge >= 0.3 is 5.97 Å². The van der Waals surface area contributed by atoms with Crippen LogP contribution in [0, 0.1) is 6.92 Å². The summed E-state index contributed by atoms with van der Waals surface area (Å²) >= 11 is 0. The average Bonchev–Trinajstić information content (AvgIpc) is 2.76. The standard InChI is InChI=1S/C13H18N2O3/c1-8-5-12(11(7-14-8)13(16)17)15-9-3-4-10(6-9)18-2/h5,7,9-10H,3-4,6H2,1-2H3,(H,14,15)(H,16,17). The number of anilines is 1. The van der Waals surface area contributed by atoms with Crippen LogP contribution in [-0.2, 0) is 4.74 Å². The second-order valence-electron chi connectivity index (χ2n) is 4.69. The predicted octanol–water partition coefficient (Wildman–Crippen LogP) is 2.07. The number of nitrogens with zero attached hydrogens (tertiary/aromatic N) is 1. The van der Waals surface area contributed by atoms with E-state index >= 15 is 0 Å². The van der Waals surface area contributed by atoms with Crippen LogP contribution in [0.4, 0.5) is 5.69 Å². The molecule has 2 N–H and O–H groups in total.